The maximum atomic E-state index is 9.02. The van der Waals surface area contributed by atoms with Crippen LogP contribution in [0, 0.1) is 11.3 Å². The molecule has 2 aliphatic rings. The second-order valence-corrected chi connectivity index (χ2v) is 8.44. The summed E-state index contributed by atoms with van der Waals surface area (Å²) in [7, 11) is 1.69. The van der Waals surface area contributed by atoms with E-state index in [-0.39, 0.29) is 0 Å². The van der Waals surface area contributed by atoms with Crippen molar-refractivity contribution < 1.29 is 4.74 Å². The predicted octanol–water partition coefficient (Wildman–Crippen LogP) is 4.50. The van der Waals surface area contributed by atoms with E-state index in [1.165, 1.54) is 29.7 Å². The van der Waals surface area contributed by atoms with Gasteiger partial charge in [0.05, 0.1) is 24.4 Å². The van der Waals surface area contributed by atoms with Crippen LogP contribution in [0.1, 0.15) is 47.0 Å². The third-order valence-electron chi connectivity index (χ3n) is 6.25. The lowest BCUT2D eigenvalue weighted by molar-refractivity contribution is 0.279. The summed E-state index contributed by atoms with van der Waals surface area (Å²) in [5.41, 5.74) is 6.68. The van der Waals surface area contributed by atoms with E-state index >= 15 is 0 Å². The van der Waals surface area contributed by atoms with Gasteiger partial charge in [0.25, 0.3) is 0 Å². The number of aromatic nitrogens is 2. The molecule has 0 bridgehead atoms. The molecule has 0 saturated heterocycles. The number of methoxy groups -OCH3 is 1. The first-order valence-corrected chi connectivity index (χ1v) is 11.0. The zero-order chi connectivity index (χ0) is 21.2. The van der Waals surface area contributed by atoms with Crippen molar-refractivity contribution in [2.24, 2.45) is 0 Å². The molecular weight excluding hydrogens is 384 g/mol. The smallest absolute Gasteiger partial charge is 0.132 e. The molecule has 5 nitrogen and oxygen atoms in total. The van der Waals surface area contributed by atoms with E-state index in [9.17, 15) is 0 Å². The number of nitriles is 1. The van der Waals surface area contributed by atoms with Crippen molar-refractivity contribution in [3.05, 3.63) is 76.7 Å². The number of nitrogens with zero attached hydrogens (tertiary/aromatic N) is 4. The zero-order valence-electron chi connectivity index (χ0n) is 17.8. The van der Waals surface area contributed by atoms with Crippen molar-refractivity contribution in [2.75, 3.05) is 20.2 Å². The number of fused-ring (bicyclic) bond motifs is 1. The summed E-state index contributed by atoms with van der Waals surface area (Å²) < 4.78 is 5.34. The van der Waals surface area contributed by atoms with Crippen molar-refractivity contribution in [1.82, 2.24) is 14.9 Å². The highest BCUT2D eigenvalue weighted by Gasteiger charge is 2.29. The van der Waals surface area contributed by atoms with Crippen LogP contribution in [-0.4, -0.2) is 35.1 Å². The van der Waals surface area contributed by atoms with Gasteiger partial charge in [0, 0.05) is 48.8 Å². The maximum Gasteiger partial charge on any atom is 0.132 e. The lowest BCUT2D eigenvalue weighted by Crippen LogP contribution is -2.25. The van der Waals surface area contributed by atoms with Crippen molar-refractivity contribution in [3.63, 3.8) is 0 Å². The monoisotopic (exact) mass is 410 g/mol. The van der Waals surface area contributed by atoms with Gasteiger partial charge < -0.3 is 4.74 Å². The van der Waals surface area contributed by atoms with Gasteiger partial charge in [-0.2, -0.15) is 5.26 Å². The van der Waals surface area contributed by atoms with Crippen LogP contribution in [0.3, 0.4) is 0 Å². The molecule has 5 heteroatoms. The molecule has 3 aromatic rings. The first kappa shape index (κ1) is 19.7. The van der Waals surface area contributed by atoms with E-state index < -0.39 is 0 Å². The first-order valence-electron chi connectivity index (χ1n) is 11.0. The van der Waals surface area contributed by atoms with E-state index in [0.29, 0.717) is 11.5 Å². The fraction of sp³-hybridized carbons (Fsp3) is 0.346. The first-order chi connectivity index (χ1) is 15.2. The number of benzene rings is 2. The van der Waals surface area contributed by atoms with Gasteiger partial charge >= 0.3 is 0 Å². The molecule has 1 fully saturated rings. The Balaban J connectivity index is 1.42. The van der Waals surface area contributed by atoms with Gasteiger partial charge in [-0.3, -0.25) is 4.90 Å². The maximum absolute atomic E-state index is 9.02. The Kier molecular flexibility index (Phi) is 5.40. The molecular formula is C26H26N4O. The van der Waals surface area contributed by atoms with Gasteiger partial charge in [-0.15, -0.1) is 0 Å². The lowest BCUT2D eigenvalue weighted by atomic mass is 10.0. The van der Waals surface area contributed by atoms with Crippen molar-refractivity contribution >= 4 is 0 Å². The molecule has 1 aliphatic carbocycles. The number of hydrogen-bond acceptors (Lipinski definition) is 5. The molecule has 156 valence electrons. The van der Waals surface area contributed by atoms with Gasteiger partial charge in [-0.05, 0) is 61.2 Å². The van der Waals surface area contributed by atoms with Crippen LogP contribution in [-0.2, 0) is 19.4 Å². The summed E-state index contributed by atoms with van der Waals surface area (Å²) in [5.74, 6) is 2.41. The molecule has 0 N–H and O–H groups in total. The molecule has 5 rings (SSSR count). The Morgan fingerprint density at radius 1 is 1.00 bits per heavy atom. The summed E-state index contributed by atoms with van der Waals surface area (Å²) in [6, 6.07) is 18.3. The Morgan fingerprint density at radius 3 is 2.42 bits per heavy atom. The van der Waals surface area contributed by atoms with Crippen LogP contribution in [0.25, 0.3) is 11.3 Å². The Hall–Kier alpha value is -3.23. The van der Waals surface area contributed by atoms with E-state index in [4.69, 9.17) is 20.0 Å². The van der Waals surface area contributed by atoms with Crippen LogP contribution < -0.4 is 4.74 Å². The Bertz CT molecular complexity index is 1110. The van der Waals surface area contributed by atoms with E-state index in [0.717, 1.165) is 55.3 Å². The average molecular weight is 411 g/mol. The van der Waals surface area contributed by atoms with E-state index in [1.807, 2.05) is 24.3 Å². The quantitative estimate of drug-likeness (QED) is 0.620. The number of hydrogen-bond donors (Lipinski definition) is 0. The molecule has 1 aliphatic heterocycles. The highest BCUT2D eigenvalue weighted by molar-refractivity contribution is 5.65. The Morgan fingerprint density at radius 2 is 1.74 bits per heavy atom. The van der Waals surface area contributed by atoms with Crippen molar-refractivity contribution in [3.8, 4) is 23.1 Å². The normalized spacial score (nSPS) is 16.3. The van der Waals surface area contributed by atoms with E-state index in [1.54, 1.807) is 7.11 Å². The van der Waals surface area contributed by atoms with Crippen molar-refractivity contribution in [2.45, 2.75) is 38.1 Å². The van der Waals surface area contributed by atoms with Gasteiger partial charge in [-0.25, -0.2) is 9.97 Å². The third-order valence-corrected chi connectivity index (χ3v) is 6.25. The lowest BCUT2D eigenvalue weighted by Gasteiger charge is -2.19. The molecule has 2 aromatic carbocycles. The van der Waals surface area contributed by atoms with Crippen LogP contribution in [0.4, 0.5) is 0 Å². The van der Waals surface area contributed by atoms with Gasteiger partial charge in [0.15, 0.2) is 0 Å². The molecule has 0 amide bonds. The largest absolute Gasteiger partial charge is 0.497 e. The van der Waals surface area contributed by atoms with Crippen LogP contribution in [0.15, 0.2) is 48.5 Å². The minimum atomic E-state index is 0.528. The fourth-order valence-electron chi connectivity index (χ4n) is 4.28. The molecule has 0 unspecified atom stereocenters. The average Bonchev–Trinajstić information content (AvgIpc) is 3.67. The predicted molar refractivity (Wildman–Crippen MR) is 120 cm³/mol. The summed E-state index contributed by atoms with van der Waals surface area (Å²) in [5, 5.41) is 9.02. The van der Waals surface area contributed by atoms with Gasteiger partial charge in [0.2, 0.25) is 0 Å². The third kappa shape index (κ3) is 4.30. The number of rotatable bonds is 5. The van der Waals surface area contributed by atoms with Crippen molar-refractivity contribution in [1.29, 1.82) is 5.26 Å². The molecule has 1 saturated carbocycles. The molecule has 2 heterocycles. The van der Waals surface area contributed by atoms with Crippen LogP contribution >= 0.6 is 0 Å². The highest BCUT2D eigenvalue weighted by atomic mass is 16.5. The summed E-state index contributed by atoms with van der Waals surface area (Å²) in [4.78, 5) is 12.5. The second-order valence-electron chi connectivity index (χ2n) is 8.44. The zero-order valence-corrected chi connectivity index (χ0v) is 17.8. The topological polar surface area (TPSA) is 62.0 Å². The molecule has 0 atom stereocenters. The molecule has 1 aromatic heterocycles. The summed E-state index contributed by atoms with van der Waals surface area (Å²) >= 11 is 0. The van der Waals surface area contributed by atoms with Crippen LogP contribution in [0.5, 0.6) is 5.75 Å². The summed E-state index contributed by atoms with van der Waals surface area (Å²) in [6.07, 6.45) is 4.28. The minimum Gasteiger partial charge on any atom is -0.497 e. The van der Waals surface area contributed by atoms with Crippen LogP contribution in [0.2, 0.25) is 0 Å². The fourth-order valence-corrected chi connectivity index (χ4v) is 4.28. The van der Waals surface area contributed by atoms with E-state index in [2.05, 4.69) is 35.2 Å². The number of ether oxygens (including phenoxy) is 1. The minimum absolute atomic E-state index is 0.528. The van der Waals surface area contributed by atoms with Gasteiger partial charge in [0.1, 0.15) is 11.6 Å². The molecule has 0 radical (unpaired) electrons. The SMILES string of the molecule is COc1ccc(-c2nc(C3CC3)nc3c2CCN(Cc2ccc(C#N)cc2)CC3)cc1. The van der Waals surface area contributed by atoms with Gasteiger partial charge in [-0.1, -0.05) is 12.1 Å². The second kappa shape index (κ2) is 8.49. The highest BCUT2D eigenvalue weighted by Crippen LogP contribution is 2.40. The molecule has 0 spiro atoms. The Labute approximate surface area is 183 Å². The summed E-state index contributed by atoms with van der Waals surface area (Å²) in [6.45, 7) is 2.85. The standard InChI is InChI=1S/C26H26N4O/c1-31-22-10-8-20(9-11-22)25-23-12-14-30(17-19-4-2-18(16-27)3-5-19)15-13-24(23)28-26(29-25)21-6-7-21/h2-5,8-11,21H,6-7,12-15,17H2,1H3. The molecule has 31 heavy (non-hydrogen) atoms.